The van der Waals surface area contributed by atoms with Crippen molar-refractivity contribution in [1.82, 2.24) is 9.13 Å². The van der Waals surface area contributed by atoms with Crippen LogP contribution >= 0.6 is 0 Å². The monoisotopic (exact) mass is 706 g/mol. The molecule has 0 spiro atoms. The topological polar surface area (TPSA) is 26.8 Å². The van der Waals surface area contributed by atoms with Crippen molar-refractivity contribution < 1.29 is 13.9 Å². The van der Waals surface area contributed by atoms with Crippen LogP contribution in [0.15, 0.2) is 206 Å². The number of rotatable bonds is 8. The Kier molecular flexibility index (Phi) is 8.08. The molecule has 0 saturated carbocycles. The molecule has 0 N–H and O–H groups in total. The highest BCUT2D eigenvalue weighted by Gasteiger charge is 2.17. The quantitative estimate of drug-likeness (QED) is 0.114. The summed E-state index contributed by atoms with van der Waals surface area (Å²) in [7, 11) is 0. The molecule has 0 atom stereocenters. The van der Waals surface area contributed by atoms with Crippen molar-refractivity contribution in [3.8, 4) is 56.5 Å². The zero-order valence-electron chi connectivity index (χ0n) is 29.8. The van der Waals surface area contributed by atoms with Crippen LogP contribution in [0, 0.1) is 12.7 Å². The molecule has 2 heterocycles. The van der Waals surface area contributed by atoms with Crippen LogP contribution in [0.1, 0.15) is 0 Å². The lowest BCUT2D eigenvalue weighted by molar-refractivity contribution is -0.572. The van der Waals surface area contributed by atoms with Crippen LogP contribution in [0.4, 0.5) is 0 Å². The van der Waals surface area contributed by atoms with Crippen LogP contribution in [-0.2, 0) is 0 Å². The van der Waals surface area contributed by atoms with E-state index in [0.29, 0.717) is 11.5 Å². The largest absolute Gasteiger partial charge is 0.458 e. The second-order valence-electron chi connectivity index (χ2n) is 13.5. The molecule has 55 heavy (non-hydrogen) atoms. The number of hydrogen-bond donors (Lipinski definition) is 0. The summed E-state index contributed by atoms with van der Waals surface area (Å²) in [5, 5.41) is 0. The highest BCUT2D eigenvalue weighted by molar-refractivity contribution is 5.78. The van der Waals surface area contributed by atoms with Crippen LogP contribution in [0.2, 0.25) is 0 Å². The molecule has 0 saturated heterocycles. The molecule has 5 nitrogen and oxygen atoms in total. The van der Waals surface area contributed by atoms with Gasteiger partial charge in [0, 0.05) is 0 Å². The number of benzene rings is 8. The third-order valence-electron chi connectivity index (χ3n) is 9.90. The van der Waals surface area contributed by atoms with Gasteiger partial charge in [0.15, 0.2) is 0 Å². The van der Waals surface area contributed by atoms with Gasteiger partial charge in [-0.25, -0.2) is 0 Å². The fourth-order valence-corrected chi connectivity index (χ4v) is 7.31. The number of aromatic nitrogens is 4. The molecule has 0 aliphatic rings. The lowest BCUT2D eigenvalue weighted by atomic mass is 10.0. The van der Waals surface area contributed by atoms with Gasteiger partial charge in [-0.15, -0.1) is 0 Å². The molecule has 260 valence electrons. The minimum Gasteiger partial charge on any atom is -0.458 e. The smallest absolute Gasteiger partial charge is 0.269 e. The van der Waals surface area contributed by atoms with Crippen LogP contribution in [0.25, 0.3) is 67.1 Å². The van der Waals surface area contributed by atoms with Gasteiger partial charge in [0.05, 0.1) is 44.8 Å². The molecule has 0 radical (unpaired) electrons. The molecule has 0 aliphatic carbocycles. The van der Waals surface area contributed by atoms with Crippen molar-refractivity contribution in [2.45, 2.75) is 0 Å². The first-order chi connectivity index (χ1) is 27.2. The third-order valence-corrected chi connectivity index (χ3v) is 9.90. The van der Waals surface area contributed by atoms with Crippen LogP contribution in [0.5, 0.6) is 11.5 Å². The summed E-state index contributed by atoms with van der Waals surface area (Å²) < 4.78 is 15.4. The van der Waals surface area contributed by atoms with Crippen molar-refractivity contribution >= 4 is 22.1 Å². The average molecular weight is 707 g/mol. The summed E-state index contributed by atoms with van der Waals surface area (Å²) in [5.74, 6) is 1.43. The summed E-state index contributed by atoms with van der Waals surface area (Å²) in [4.78, 5) is 0. The minimum absolute atomic E-state index is 0.714. The Morgan fingerprint density at radius 3 is 1.13 bits per heavy atom. The number of hydrogen-bond acceptors (Lipinski definition) is 1. The first kappa shape index (κ1) is 32.2. The molecule has 8 aromatic carbocycles. The summed E-state index contributed by atoms with van der Waals surface area (Å²) in [6.07, 6.45) is 7.31. The highest BCUT2D eigenvalue weighted by Crippen LogP contribution is 2.35. The van der Waals surface area contributed by atoms with E-state index in [4.69, 9.17) is 4.74 Å². The Balaban J connectivity index is 1.14. The van der Waals surface area contributed by atoms with E-state index < -0.39 is 0 Å². The van der Waals surface area contributed by atoms with Gasteiger partial charge in [0.25, 0.3) is 12.7 Å². The molecule has 0 fully saturated rings. The van der Waals surface area contributed by atoms with Gasteiger partial charge in [0.1, 0.15) is 11.5 Å². The zero-order chi connectivity index (χ0) is 36.6. The normalized spacial score (nSPS) is 11.3. The van der Waals surface area contributed by atoms with Gasteiger partial charge in [-0.3, -0.25) is 18.3 Å². The Bertz CT molecular complexity index is 2730. The first-order valence-corrected chi connectivity index (χ1v) is 18.4. The predicted octanol–water partition coefficient (Wildman–Crippen LogP) is 10.9. The predicted molar refractivity (Wildman–Crippen MR) is 218 cm³/mol. The van der Waals surface area contributed by atoms with Crippen LogP contribution in [0.3, 0.4) is 0 Å². The van der Waals surface area contributed by atoms with E-state index in [0.717, 1.165) is 67.1 Å². The second-order valence-corrected chi connectivity index (χ2v) is 13.5. The van der Waals surface area contributed by atoms with Crippen molar-refractivity contribution in [1.29, 1.82) is 0 Å². The van der Waals surface area contributed by atoms with Gasteiger partial charge in [-0.05, 0) is 82.9 Å². The fourth-order valence-electron chi connectivity index (χ4n) is 7.31. The van der Waals surface area contributed by atoms with E-state index in [-0.39, 0.29) is 0 Å². The summed E-state index contributed by atoms with van der Waals surface area (Å²) in [6, 6.07) is 71.2. The van der Waals surface area contributed by atoms with Crippen molar-refractivity contribution in [2.24, 2.45) is 0 Å². The fraction of sp³-hybridized carbons (Fsp3) is 0. The molecule has 10 aromatic rings. The van der Waals surface area contributed by atoms with Crippen molar-refractivity contribution in [2.75, 3.05) is 0 Å². The third kappa shape index (κ3) is 6.14. The molecule has 5 heteroatoms. The molecular formula is C50H34N4O. The Morgan fingerprint density at radius 2 is 0.709 bits per heavy atom. The molecule has 10 rings (SSSR count). The van der Waals surface area contributed by atoms with E-state index in [1.807, 2.05) is 24.3 Å². The maximum Gasteiger partial charge on any atom is 0.269 e. The zero-order valence-corrected chi connectivity index (χ0v) is 29.8. The average Bonchev–Trinajstić information content (AvgIpc) is 3.85. The second kappa shape index (κ2) is 13.8. The van der Waals surface area contributed by atoms with Gasteiger partial charge >= 0.3 is 0 Å². The molecule has 0 bridgehead atoms. The van der Waals surface area contributed by atoms with Crippen LogP contribution < -0.4 is 13.9 Å². The minimum atomic E-state index is 0.714. The van der Waals surface area contributed by atoms with Crippen LogP contribution in [-0.4, -0.2) is 9.13 Å². The Morgan fingerprint density at radius 1 is 0.345 bits per heavy atom. The van der Waals surface area contributed by atoms with Crippen molar-refractivity contribution in [3.05, 3.63) is 219 Å². The first-order valence-electron chi connectivity index (χ1n) is 18.4. The van der Waals surface area contributed by atoms with E-state index in [1.165, 1.54) is 0 Å². The van der Waals surface area contributed by atoms with Crippen molar-refractivity contribution in [3.63, 3.8) is 0 Å². The number of nitrogens with zero attached hydrogens (tertiary/aromatic N) is 4. The van der Waals surface area contributed by atoms with Gasteiger partial charge in [0.2, 0.25) is 0 Å². The van der Waals surface area contributed by atoms with Gasteiger partial charge in [-0.2, -0.15) is 0 Å². The van der Waals surface area contributed by atoms with Gasteiger partial charge < -0.3 is 4.74 Å². The number of para-hydroxylation sites is 6. The molecule has 0 aliphatic heterocycles. The van der Waals surface area contributed by atoms with E-state index in [1.54, 1.807) is 0 Å². The molecular weight excluding hydrogens is 673 g/mol. The highest BCUT2D eigenvalue weighted by atomic mass is 16.5. The Hall–Kier alpha value is -7.50. The SMILES string of the molecule is [c-]1n(-c2cc(Oc3cc(-c4ccccc4)cc(-n4[c-][n+](-c5ccccc5)c5ccccc54)c3)cc(-c3ccccc3)c2)c2ccccc2[n+]1-c1ccccc1. The number of imidazole rings is 2. The number of ether oxygens (including phenoxy) is 1. The summed E-state index contributed by atoms with van der Waals surface area (Å²) >= 11 is 0. The lowest BCUT2D eigenvalue weighted by Gasteiger charge is -2.15. The van der Waals surface area contributed by atoms with E-state index in [2.05, 4.69) is 213 Å². The molecule has 0 unspecified atom stereocenters. The molecule has 0 amide bonds. The van der Waals surface area contributed by atoms with Gasteiger partial charge in [-0.1, -0.05) is 146 Å². The lowest BCUT2D eigenvalue weighted by Crippen LogP contribution is -2.29. The maximum atomic E-state index is 6.97. The Labute approximate surface area is 319 Å². The maximum absolute atomic E-state index is 6.97. The van der Waals surface area contributed by atoms with E-state index in [9.17, 15) is 0 Å². The summed E-state index contributed by atoms with van der Waals surface area (Å²) in [6.45, 7) is 0. The molecule has 2 aromatic heterocycles. The standard InChI is InChI=1S/C50H34N4O/c1-5-17-37(18-6-1)39-29-43(53-35-51(41-21-9-3-10-22-41)47-25-13-15-27-49(47)53)33-45(31-39)55-46-32-40(38-19-7-2-8-20-38)30-44(34-46)54-36-52(42-23-11-4-12-24-42)48-26-14-16-28-50(48)54/h1-34H. The summed E-state index contributed by atoms with van der Waals surface area (Å²) in [5.41, 5.74) is 12.4. The van der Waals surface area contributed by atoms with E-state index >= 15 is 0 Å². The number of fused-ring (bicyclic) bond motifs is 2.